The molecule has 0 atom stereocenters. The molecule has 2 N–H and O–H groups in total. The molecule has 0 bridgehead atoms. The summed E-state index contributed by atoms with van der Waals surface area (Å²) in [7, 11) is 0. The fraction of sp³-hybridized carbons (Fsp3) is 0.111. The van der Waals surface area contributed by atoms with E-state index in [-0.39, 0.29) is 0 Å². The summed E-state index contributed by atoms with van der Waals surface area (Å²) in [6.45, 7) is 6.12. The number of hydrogen-bond donors (Lipinski definition) is 2. The molecule has 118 valence electrons. The maximum Gasteiger partial charge on any atom is 0.191 e. The molecule has 0 saturated carbocycles. The van der Waals surface area contributed by atoms with E-state index >= 15 is 0 Å². The molecule has 0 radical (unpaired) electrons. The van der Waals surface area contributed by atoms with Gasteiger partial charge in [-0.1, -0.05) is 36.9 Å². The van der Waals surface area contributed by atoms with Crippen molar-refractivity contribution in [3.8, 4) is 5.75 Å². The Balaban J connectivity index is 1.93. The number of anilines is 1. The van der Waals surface area contributed by atoms with E-state index in [1.807, 2.05) is 55.5 Å². The average molecular weight is 325 g/mol. The largest absolute Gasteiger partial charge is 0.489 e. The Labute approximate surface area is 141 Å². The van der Waals surface area contributed by atoms with Crippen LogP contribution >= 0.6 is 12.2 Å². The van der Waals surface area contributed by atoms with E-state index in [0.717, 1.165) is 22.6 Å². The van der Waals surface area contributed by atoms with Crippen molar-refractivity contribution in [3.63, 3.8) is 0 Å². The maximum absolute atomic E-state index is 5.57. The smallest absolute Gasteiger partial charge is 0.191 e. The molecule has 0 spiro atoms. The summed E-state index contributed by atoms with van der Waals surface area (Å²) in [6, 6.07) is 15.6. The average Bonchev–Trinajstić information content (AvgIpc) is 2.54. The van der Waals surface area contributed by atoms with E-state index in [1.165, 1.54) is 0 Å². The number of thiocarbonyl (C=S) groups is 1. The highest BCUT2D eigenvalue weighted by Crippen LogP contribution is 2.15. The van der Waals surface area contributed by atoms with Gasteiger partial charge in [0.15, 0.2) is 5.11 Å². The summed E-state index contributed by atoms with van der Waals surface area (Å²) in [5.74, 6) is 0.746. The van der Waals surface area contributed by atoms with Gasteiger partial charge < -0.3 is 10.1 Å². The van der Waals surface area contributed by atoms with Crippen molar-refractivity contribution >= 4 is 29.2 Å². The Morgan fingerprint density at radius 1 is 1.26 bits per heavy atom. The van der Waals surface area contributed by atoms with E-state index in [1.54, 1.807) is 12.3 Å². The van der Waals surface area contributed by atoms with Gasteiger partial charge in [0.25, 0.3) is 0 Å². The Kier molecular flexibility index (Phi) is 6.32. The van der Waals surface area contributed by atoms with Crippen LogP contribution in [0.4, 0.5) is 5.69 Å². The van der Waals surface area contributed by atoms with Crippen LogP contribution in [0.5, 0.6) is 5.75 Å². The molecule has 0 aliphatic carbocycles. The monoisotopic (exact) mass is 325 g/mol. The molecule has 0 aromatic heterocycles. The number of para-hydroxylation sites is 1. The second-order valence-corrected chi connectivity index (χ2v) is 5.24. The number of rotatable bonds is 6. The van der Waals surface area contributed by atoms with Crippen LogP contribution in [0.2, 0.25) is 0 Å². The molecule has 2 aromatic rings. The van der Waals surface area contributed by atoms with Crippen LogP contribution in [0, 0.1) is 6.92 Å². The van der Waals surface area contributed by atoms with Crippen LogP contribution in [0.15, 0.2) is 66.3 Å². The van der Waals surface area contributed by atoms with Gasteiger partial charge in [-0.15, -0.1) is 0 Å². The number of hydrazone groups is 1. The fourth-order valence-electron chi connectivity index (χ4n) is 1.91. The summed E-state index contributed by atoms with van der Waals surface area (Å²) in [4.78, 5) is 0. The first-order valence-electron chi connectivity index (χ1n) is 7.18. The van der Waals surface area contributed by atoms with Crippen LogP contribution in [0.25, 0.3) is 0 Å². The van der Waals surface area contributed by atoms with Crippen molar-refractivity contribution in [1.29, 1.82) is 0 Å². The molecule has 2 rings (SSSR count). The van der Waals surface area contributed by atoms with Crippen molar-refractivity contribution in [3.05, 3.63) is 72.3 Å². The third-order valence-electron chi connectivity index (χ3n) is 2.92. The maximum atomic E-state index is 5.57. The van der Waals surface area contributed by atoms with Crippen LogP contribution in [-0.2, 0) is 0 Å². The topological polar surface area (TPSA) is 45.6 Å². The summed E-state index contributed by atoms with van der Waals surface area (Å²) in [6.07, 6.45) is 3.37. The quantitative estimate of drug-likeness (QED) is 0.366. The lowest BCUT2D eigenvalue weighted by Gasteiger charge is -2.08. The third kappa shape index (κ3) is 5.56. The van der Waals surface area contributed by atoms with Crippen molar-refractivity contribution in [2.45, 2.75) is 6.92 Å². The summed E-state index contributed by atoms with van der Waals surface area (Å²) >= 11 is 5.22. The van der Waals surface area contributed by atoms with E-state index in [9.17, 15) is 0 Å². The normalized spacial score (nSPS) is 10.3. The van der Waals surface area contributed by atoms with Crippen molar-refractivity contribution in [2.75, 3.05) is 11.9 Å². The lowest BCUT2D eigenvalue weighted by molar-refractivity contribution is 0.362. The number of nitrogens with zero attached hydrogens (tertiary/aromatic N) is 1. The minimum Gasteiger partial charge on any atom is -0.489 e. The van der Waals surface area contributed by atoms with E-state index in [0.29, 0.717) is 11.7 Å². The zero-order valence-corrected chi connectivity index (χ0v) is 13.8. The second-order valence-electron chi connectivity index (χ2n) is 4.83. The van der Waals surface area contributed by atoms with Gasteiger partial charge in [-0.3, -0.25) is 5.43 Å². The van der Waals surface area contributed by atoms with Gasteiger partial charge in [0.2, 0.25) is 0 Å². The lowest BCUT2D eigenvalue weighted by Crippen LogP contribution is -2.23. The van der Waals surface area contributed by atoms with Crippen LogP contribution in [-0.4, -0.2) is 17.9 Å². The standard InChI is InChI=1S/C18H19N3OS/c1-3-11-22-17-10-5-4-8-15(17)13-19-21-18(23)20-16-9-6-7-14(2)12-16/h3-10,12-13H,1,11H2,2H3,(H2,20,21,23)/b19-13-. The predicted octanol–water partition coefficient (Wildman–Crippen LogP) is 3.88. The molecule has 0 saturated heterocycles. The van der Waals surface area contributed by atoms with Crippen molar-refractivity contribution in [1.82, 2.24) is 5.43 Å². The van der Waals surface area contributed by atoms with Gasteiger partial charge in [0.1, 0.15) is 12.4 Å². The first kappa shape index (κ1) is 16.7. The Morgan fingerprint density at radius 3 is 2.87 bits per heavy atom. The first-order chi connectivity index (χ1) is 11.2. The molecule has 23 heavy (non-hydrogen) atoms. The molecule has 4 nitrogen and oxygen atoms in total. The lowest BCUT2D eigenvalue weighted by atomic mass is 10.2. The van der Waals surface area contributed by atoms with Gasteiger partial charge in [-0.2, -0.15) is 5.10 Å². The summed E-state index contributed by atoms with van der Waals surface area (Å²) in [5.41, 5.74) is 5.74. The first-order valence-corrected chi connectivity index (χ1v) is 7.59. The van der Waals surface area contributed by atoms with Gasteiger partial charge >= 0.3 is 0 Å². The summed E-state index contributed by atoms with van der Waals surface area (Å²) in [5, 5.41) is 7.65. The second kappa shape index (κ2) is 8.70. The van der Waals surface area contributed by atoms with Gasteiger partial charge in [0.05, 0.1) is 6.21 Å². The zero-order chi connectivity index (χ0) is 16.5. The van der Waals surface area contributed by atoms with E-state index in [2.05, 4.69) is 22.4 Å². The molecule has 0 heterocycles. The molecule has 0 aliphatic rings. The number of benzene rings is 2. The van der Waals surface area contributed by atoms with Gasteiger partial charge in [-0.25, -0.2) is 0 Å². The van der Waals surface area contributed by atoms with Crippen LogP contribution in [0.3, 0.4) is 0 Å². The number of nitrogens with one attached hydrogen (secondary N) is 2. The fourth-order valence-corrected chi connectivity index (χ4v) is 2.08. The minimum atomic E-state index is 0.427. The molecule has 0 amide bonds. The van der Waals surface area contributed by atoms with Crippen LogP contribution in [0.1, 0.15) is 11.1 Å². The van der Waals surface area contributed by atoms with Crippen molar-refractivity contribution in [2.24, 2.45) is 5.10 Å². The third-order valence-corrected chi connectivity index (χ3v) is 3.11. The predicted molar refractivity (Wildman–Crippen MR) is 100 cm³/mol. The highest BCUT2D eigenvalue weighted by atomic mass is 32.1. The molecule has 2 aromatic carbocycles. The van der Waals surface area contributed by atoms with E-state index in [4.69, 9.17) is 17.0 Å². The van der Waals surface area contributed by atoms with Crippen LogP contribution < -0.4 is 15.5 Å². The molecular formula is C18H19N3OS. The highest BCUT2D eigenvalue weighted by molar-refractivity contribution is 7.80. The summed E-state index contributed by atoms with van der Waals surface area (Å²) < 4.78 is 5.57. The number of aryl methyl sites for hydroxylation is 1. The zero-order valence-electron chi connectivity index (χ0n) is 13.0. The number of ether oxygens (including phenoxy) is 1. The Hall–Kier alpha value is -2.66. The number of hydrogen-bond acceptors (Lipinski definition) is 3. The minimum absolute atomic E-state index is 0.427. The van der Waals surface area contributed by atoms with E-state index < -0.39 is 0 Å². The molecular weight excluding hydrogens is 306 g/mol. The van der Waals surface area contributed by atoms with Gasteiger partial charge in [0, 0.05) is 11.3 Å². The SMILES string of the molecule is C=CCOc1ccccc1/C=N\NC(=S)Nc1cccc(C)c1. The van der Waals surface area contributed by atoms with Gasteiger partial charge in [-0.05, 0) is 49.0 Å². The molecule has 0 fully saturated rings. The van der Waals surface area contributed by atoms with Crippen molar-refractivity contribution < 1.29 is 4.74 Å². The molecule has 0 unspecified atom stereocenters. The Morgan fingerprint density at radius 2 is 2.09 bits per heavy atom. The highest BCUT2D eigenvalue weighted by Gasteiger charge is 2.00. The Bertz CT molecular complexity index is 713. The molecule has 0 aliphatic heterocycles. The molecule has 5 heteroatoms.